The number of Topliss-reactive ketones (excluding diaryl/α,β-unsaturated/α-hetero) is 1. The molecular formula is C30H23BrN2O8. The Labute approximate surface area is 242 Å². The van der Waals surface area contributed by atoms with Crippen LogP contribution in [-0.4, -0.2) is 40.5 Å². The van der Waals surface area contributed by atoms with Gasteiger partial charge in [-0.3, -0.25) is 29.3 Å². The van der Waals surface area contributed by atoms with E-state index in [2.05, 4.69) is 15.9 Å². The molecule has 0 aromatic heterocycles. The lowest BCUT2D eigenvalue weighted by Crippen LogP contribution is -2.39. The minimum absolute atomic E-state index is 0.104. The number of methoxy groups -OCH3 is 1. The van der Waals surface area contributed by atoms with Crippen LogP contribution in [0, 0.1) is 27.9 Å². The summed E-state index contributed by atoms with van der Waals surface area (Å²) in [5, 5.41) is 21.8. The van der Waals surface area contributed by atoms with Gasteiger partial charge in [-0.15, -0.1) is 0 Å². The molecule has 1 N–H and O–H groups in total. The Morgan fingerprint density at radius 1 is 1.10 bits per heavy atom. The van der Waals surface area contributed by atoms with Crippen molar-refractivity contribution in [2.24, 2.45) is 17.8 Å². The molecule has 1 aliphatic heterocycles. The average molecular weight is 619 g/mol. The van der Waals surface area contributed by atoms with Gasteiger partial charge in [0, 0.05) is 34.8 Å². The molecule has 208 valence electrons. The van der Waals surface area contributed by atoms with E-state index >= 15 is 0 Å². The normalized spacial score (nSPS) is 25.4. The van der Waals surface area contributed by atoms with Crippen molar-refractivity contribution < 1.29 is 33.9 Å². The monoisotopic (exact) mass is 618 g/mol. The van der Waals surface area contributed by atoms with Crippen LogP contribution in [-0.2, 0) is 19.2 Å². The number of amides is 2. The number of rotatable bonds is 4. The van der Waals surface area contributed by atoms with Crippen molar-refractivity contribution in [3.05, 3.63) is 91.0 Å². The van der Waals surface area contributed by atoms with Crippen LogP contribution < -0.4 is 9.64 Å². The largest absolute Gasteiger partial charge is 0.503 e. The number of ether oxygens (including phenoxy) is 1. The van der Waals surface area contributed by atoms with Crippen molar-refractivity contribution in [2.75, 3.05) is 12.0 Å². The predicted molar refractivity (Wildman–Crippen MR) is 149 cm³/mol. The van der Waals surface area contributed by atoms with Crippen molar-refractivity contribution in [1.82, 2.24) is 0 Å². The highest BCUT2D eigenvalue weighted by Gasteiger charge is 2.56. The minimum Gasteiger partial charge on any atom is -0.503 e. The van der Waals surface area contributed by atoms with Gasteiger partial charge >= 0.3 is 0 Å². The molecular weight excluding hydrogens is 596 g/mol. The number of phenols is 1. The van der Waals surface area contributed by atoms with Crippen LogP contribution in [0.3, 0.4) is 0 Å². The third kappa shape index (κ3) is 3.98. The topological polar surface area (TPSA) is 144 Å². The molecule has 4 aliphatic rings. The number of carbonyl (C=O) groups is 4. The Balaban J connectivity index is 1.49. The molecule has 11 heteroatoms. The average Bonchev–Trinajstić information content (AvgIpc) is 3.21. The summed E-state index contributed by atoms with van der Waals surface area (Å²) >= 11 is 3.35. The van der Waals surface area contributed by atoms with Gasteiger partial charge in [-0.05, 0) is 71.5 Å². The van der Waals surface area contributed by atoms with Crippen LogP contribution in [0.1, 0.15) is 31.2 Å². The van der Waals surface area contributed by atoms with Crippen LogP contribution in [0.15, 0.2) is 75.3 Å². The summed E-state index contributed by atoms with van der Waals surface area (Å²) in [7, 11) is 1.40. The van der Waals surface area contributed by atoms with Gasteiger partial charge in [0.1, 0.15) is 0 Å². The molecule has 2 amide bonds. The number of imide groups is 1. The molecule has 2 aromatic carbocycles. The van der Waals surface area contributed by atoms with Gasteiger partial charge in [0.15, 0.2) is 23.1 Å². The van der Waals surface area contributed by atoms with Crippen LogP contribution in [0.2, 0.25) is 0 Å². The van der Waals surface area contributed by atoms with Crippen molar-refractivity contribution >= 4 is 50.7 Å². The molecule has 1 saturated heterocycles. The van der Waals surface area contributed by atoms with Gasteiger partial charge in [0.05, 0.1) is 34.0 Å². The molecule has 1 fully saturated rings. The number of allylic oxidation sites excluding steroid dienone is 6. The Kier molecular flexibility index (Phi) is 6.29. The van der Waals surface area contributed by atoms with E-state index in [1.165, 1.54) is 37.5 Å². The van der Waals surface area contributed by atoms with Gasteiger partial charge < -0.3 is 9.84 Å². The van der Waals surface area contributed by atoms with Gasteiger partial charge in [0.2, 0.25) is 11.8 Å². The number of carbonyl (C=O) groups excluding carboxylic acids is 4. The van der Waals surface area contributed by atoms with E-state index in [1.54, 1.807) is 19.1 Å². The first-order valence-corrected chi connectivity index (χ1v) is 13.7. The molecule has 10 nitrogen and oxygen atoms in total. The quantitative estimate of drug-likeness (QED) is 0.171. The summed E-state index contributed by atoms with van der Waals surface area (Å²) in [6, 6.07) is 8.64. The molecule has 41 heavy (non-hydrogen) atoms. The number of fused-ring (bicyclic) bond motifs is 3. The van der Waals surface area contributed by atoms with Crippen molar-refractivity contribution in [3.63, 3.8) is 0 Å². The number of hydrogen-bond acceptors (Lipinski definition) is 8. The van der Waals surface area contributed by atoms with Crippen molar-refractivity contribution in [3.8, 4) is 11.5 Å². The second-order valence-electron chi connectivity index (χ2n) is 10.6. The summed E-state index contributed by atoms with van der Waals surface area (Å²) in [5.74, 6) is -4.33. The molecule has 4 unspecified atom stereocenters. The number of halogens is 1. The number of benzene rings is 2. The fourth-order valence-electron chi connectivity index (χ4n) is 6.68. The lowest BCUT2D eigenvalue weighted by atomic mass is 9.59. The summed E-state index contributed by atoms with van der Waals surface area (Å²) in [4.78, 5) is 66.2. The van der Waals surface area contributed by atoms with E-state index in [0.717, 1.165) is 10.5 Å². The van der Waals surface area contributed by atoms with Gasteiger partial charge in [-0.2, -0.15) is 0 Å². The SMILES string of the molecule is COc1cc(C2C3=CCC4C(=O)N(c5cccc([N+](=O)[O-])c5)C(=O)C4C3CC3=C2C(=O)C=C(C)C3=O)cc(Br)c1O. The second-order valence-corrected chi connectivity index (χ2v) is 11.4. The Hall–Kier alpha value is -4.38. The van der Waals surface area contributed by atoms with E-state index in [-0.39, 0.29) is 47.3 Å². The van der Waals surface area contributed by atoms with E-state index < -0.39 is 40.4 Å². The zero-order valence-electron chi connectivity index (χ0n) is 21.9. The standard InChI is InChI=1S/C30H23BrN2O8/c1-13-8-22(34)26-20(27(13)35)12-19-17(24(26)14-9-21(31)28(36)23(10-14)41-2)6-7-18-25(19)30(38)32(29(18)37)15-4-3-5-16(11-15)33(39)40/h3-6,8-11,18-19,24-25,36H,7,12H2,1-2H3. The van der Waals surface area contributed by atoms with E-state index in [4.69, 9.17) is 4.74 Å². The van der Waals surface area contributed by atoms with Crippen LogP contribution in [0.5, 0.6) is 11.5 Å². The maximum Gasteiger partial charge on any atom is 0.271 e. The lowest BCUT2D eigenvalue weighted by molar-refractivity contribution is -0.384. The molecule has 3 aliphatic carbocycles. The molecule has 4 atom stereocenters. The number of phenolic OH excluding ortho intramolecular Hbond substituents is 1. The number of nitrogens with zero attached hydrogens (tertiary/aromatic N) is 2. The summed E-state index contributed by atoms with van der Waals surface area (Å²) in [5.41, 5.74) is 2.10. The second kappa shape index (κ2) is 9.62. The van der Waals surface area contributed by atoms with Crippen molar-refractivity contribution in [2.45, 2.75) is 25.7 Å². The number of anilines is 1. The first-order valence-electron chi connectivity index (χ1n) is 12.9. The molecule has 1 heterocycles. The Bertz CT molecular complexity index is 1700. The molecule has 0 radical (unpaired) electrons. The lowest BCUT2D eigenvalue weighted by Gasteiger charge is -2.42. The number of hydrogen-bond donors (Lipinski definition) is 1. The summed E-state index contributed by atoms with van der Waals surface area (Å²) < 4.78 is 5.68. The third-order valence-corrected chi connectivity index (χ3v) is 9.07. The highest BCUT2D eigenvalue weighted by Crippen LogP contribution is 2.56. The van der Waals surface area contributed by atoms with Crippen LogP contribution >= 0.6 is 15.9 Å². The molecule has 0 bridgehead atoms. The first-order chi connectivity index (χ1) is 19.5. The molecule has 2 aromatic rings. The maximum atomic E-state index is 14.0. The predicted octanol–water partition coefficient (Wildman–Crippen LogP) is 4.71. The number of non-ortho nitro benzene ring substituents is 1. The zero-order chi connectivity index (χ0) is 29.3. The van der Waals surface area contributed by atoms with E-state index in [9.17, 15) is 34.4 Å². The highest BCUT2D eigenvalue weighted by molar-refractivity contribution is 9.10. The maximum absolute atomic E-state index is 14.0. The van der Waals surface area contributed by atoms with Crippen LogP contribution in [0.4, 0.5) is 11.4 Å². The number of ketones is 2. The van der Waals surface area contributed by atoms with E-state index in [0.29, 0.717) is 26.8 Å². The molecule has 0 saturated carbocycles. The highest BCUT2D eigenvalue weighted by atomic mass is 79.9. The Morgan fingerprint density at radius 2 is 1.85 bits per heavy atom. The fourth-order valence-corrected chi connectivity index (χ4v) is 7.14. The molecule has 6 rings (SSSR count). The van der Waals surface area contributed by atoms with Gasteiger partial charge in [-0.25, -0.2) is 4.90 Å². The number of nitro groups is 1. The summed E-state index contributed by atoms with van der Waals surface area (Å²) in [6.45, 7) is 1.57. The first kappa shape index (κ1) is 26.8. The zero-order valence-corrected chi connectivity index (χ0v) is 23.5. The number of aromatic hydroxyl groups is 1. The Morgan fingerprint density at radius 3 is 2.56 bits per heavy atom. The number of nitro benzene ring substituents is 1. The van der Waals surface area contributed by atoms with Gasteiger partial charge in [-0.1, -0.05) is 17.7 Å². The van der Waals surface area contributed by atoms with E-state index in [1.807, 2.05) is 6.08 Å². The smallest absolute Gasteiger partial charge is 0.271 e. The third-order valence-electron chi connectivity index (χ3n) is 8.46. The van der Waals surface area contributed by atoms with Gasteiger partial charge in [0.25, 0.3) is 5.69 Å². The molecule has 0 spiro atoms. The van der Waals surface area contributed by atoms with Crippen molar-refractivity contribution in [1.29, 1.82) is 0 Å². The summed E-state index contributed by atoms with van der Waals surface area (Å²) in [6.07, 6.45) is 3.52. The minimum atomic E-state index is -0.824. The fraction of sp³-hybridized carbons (Fsp3) is 0.267. The van der Waals surface area contributed by atoms with Crippen LogP contribution in [0.25, 0.3) is 0 Å².